The zero-order valence-electron chi connectivity index (χ0n) is 9.95. The number of aromatic nitrogens is 2. The molecule has 15 heavy (non-hydrogen) atoms. The summed E-state index contributed by atoms with van der Waals surface area (Å²) in [4.78, 5) is 6.46. The van der Waals surface area contributed by atoms with Crippen LogP contribution >= 0.6 is 0 Å². The summed E-state index contributed by atoms with van der Waals surface area (Å²) in [6, 6.07) is 0. The molecule has 1 aromatic rings. The molecule has 0 aliphatic heterocycles. The Labute approximate surface area is 93.1 Å². The van der Waals surface area contributed by atoms with Crippen molar-refractivity contribution in [1.82, 2.24) is 14.5 Å². The van der Waals surface area contributed by atoms with Crippen molar-refractivity contribution in [3.63, 3.8) is 0 Å². The third kappa shape index (κ3) is 4.98. The van der Waals surface area contributed by atoms with Gasteiger partial charge >= 0.3 is 0 Å². The van der Waals surface area contributed by atoms with E-state index in [9.17, 15) is 0 Å². The molecule has 0 aliphatic carbocycles. The van der Waals surface area contributed by atoms with E-state index in [4.69, 9.17) is 0 Å². The summed E-state index contributed by atoms with van der Waals surface area (Å²) in [5, 5.41) is 0. The second-order valence-electron chi connectivity index (χ2n) is 3.94. The lowest BCUT2D eigenvalue weighted by Crippen LogP contribution is -2.27. The van der Waals surface area contributed by atoms with Gasteiger partial charge in [0.15, 0.2) is 0 Å². The van der Waals surface area contributed by atoms with Crippen molar-refractivity contribution >= 4 is 0 Å². The Hall–Kier alpha value is -0.830. The molecule has 0 saturated heterocycles. The molecule has 1 radical (unpaired) electrons. The Morgan fingerprint density at radius 1 is 1.20 bits per heavy atom. The predicted molar refractivity (Wildman–Crippen MR) is 62.7 cm³/mol. The van der Waals surface area contributed by atoms with Gasteiger partial charge in [-0.3, -0.25) is 0 Å². The van der Waals surface area contributed by atoms with Crippen LogP contribution in [0.3, 0.4) is 0 Å². The summed E-state index contributed by atoms with van der Waals surface area (Å²) >= 11 is 0. The van der Waals surface area contributed by atoms with Crippen LogP contribution in [0.25, 0.3) is 0 Å². The first-order valence-corrected chi connectivity index (χ1v) is 5.97. The summed E-state index contributed by atoms with van der Waals surface area (Å²) in [5.41, 5.74) is 0. The normalized spacial score (nSPS) is 11.1. The van der Waals surface area contributed by atoms with Crippen molar-refractivity contribution in [1.29, 1.82) is 0 Å². The Morgan fingerprint density at radius 2 is 1.93 bits per heavy atom. The van der Waals surface area contributed by atoms with Crippen LogP contribution in [-0.2, 0) is 6.54 Å². The molecular weight excluding hydrogens is 186 g/mol. The van der Waals surface area contributed by atoms with Crippen LogP contribution < -0.4 is 0 Å². The smallest absolute Gasteiger partial charge is 0.108 e. The highest BCUT2D eigenvalue weighted by atomic mass is 15.1. The van der Waals surface area contributed by atoms with E-state index >= 15 is 0 Å². The molecule has 0 bridgehead atoms. The van der Waals surface area contributed by atoms with Gasteiger partial charge in [0.05, 0.1) is 6.33 Å². The molecule has 0 fully saturated rings. The number of nitrogens with zero attached hydrogens (tertiary/aromatic N) is 3. The second-order valence-corrected chi connectivity index (χ2v) is 3.94. The van der Waals surface area contributed by atoms with Crippen LogP contribution in [0.4, 0.5) is 0 Å². The van der Waals surface area contributed by atoms with Crippen LogP contribution in [0.1, 0.15) is 33.1 Å². The fourth-order valence-electron chi connectivity index (χ4n) is 1.82. The first-order valence-electron chi connectivity index (χ1n) is 5.97. The van der Waals surface area contributed by atoms with Crippen LogP contribution in [0.2, 0.25) is 0 Å². The lowest BCUT2D eigenvalue weighted by atomic mass is 10.3. The summed E-state index contributed by atoms with van der Waals surface area (Å²) in [7, 11) is 0. The highest BCUT2D eigenvalue weighted by molar-refractivity contribution is 4.71. The van der Waals surface area contributed by atoms with Crippen LogP contribution in [-0.4, -0.2) is 34.1 Å². The van der Waals surface area contributed by atoms with E-state index in [0.29, 0.717) is 0 Å². The molecule has 1 aromatic heterocycles. The molecule has 85 valence electrons. The minimum absolute atomic E-state index is 1.06. The van der Waals surface area contributed by atoms with Gasteiger partial charge in [-0.05, 0) is 38.9 Å². The molecule has 3 heteroatoms. The largest absolute Gasteiger partial charge is 0.337 e. The van der Waals surface area contributed by atoms with E-state index in [-0.39, 0.29) is 0 Å². The standard InChI is InChI=1S/C12H22N3/c1-3-7-14(8-4-2)9-5-10-15-11-6-13-12-15/h11-12H,3-5,7-10H2,1-2H3. The minimum atomic E-state index is 1.06. The monoisotopic (exact) mass is 208 g/mol. The zero-order valence-corrected chi connectivity index (χ0v) is 9.95. The lowest BCUT2D eigenvalue weighted by Gasteiger charge is -2.20. The zero-order chi connectivity index (χ0) is 10.9. The van der Waals surface area contributed by atoms with Gasteiger partial charge in [0, 0.05) is 12.7 Å². The SMILES string of the molecule is CCCN(CCC)CCCn1c[c]nc1. The predicted octanol–water partition coefficient (Wildman–Crippen LogP) is 2.20. The van der Waals surface area contributed by atoms with Crippen molar-refractivity contribution in [2.45, 2.75) is 39.7 Å². The maximum Gasteiger partial charge on any atom is 0.108 e. The van der Waals surface area contributed by atoms with E-state index < -0.39 is 0 Å². The molecule has 0 spiro atoms. The van der Waals surface area contributed by atoms with Gasteiger partial charge in [-0.15, -0.1) is 0 Å². The van der Waals surface area contributed by atoms with E-state index in [1.54, 1.807) is 0 Å². The fourth-order valence-corrected chi connectivity index (χ4v) is 1.82. The average Bonchev–Trinajstić information content (AvgIpc) is 2.71. The fraction of sp³-hybridized carbons (Fsp3) is 0.750. The summed E-state index contributed by atoms with van der Waals surface area (Å²) < 4.78 is 2.09. The molecule has 0 unspecified atom stereocenters. The number of aryl methyl sites for hydroxylation is 1. The third-order valence-electron chi connectivity index (χ3n) is 2.47. The second kappa shape index (κ2) is 7.46. The summed E-state index contributed by atoms with van der Waals surface area (Å²) in [6.45, 7) is 9.19. The van der Waals surface area contributed by atoms with Crippen molar-refractivity contribution in [3.8, 4) is 0 Å². The average molecular weight is 208 g/mol. The summed E-state index contributed by atoms with van der Waals surface area (Å²) in [6.07, 6.45) is 10.3. The molecule has 0 N–H and O–H groups in total. The van der Waals surface area contributed by atoms with Gasteiger partial charge in [-0.1, -0.05) is 13.8 Å². The van der Waals surface area contributed by atoms with Crippen molar-refractivity contribution in [3.05, 3.63) is 18.7 Å². The number of hydrogen-bond acceptors (Lipinski definition) is 2. The summed E-state index contributed by atoms with van der Waals surface area (Å²) in [5.74, 6) is 0. The molecule has 0 saturated carbocycles. The molecule has 0 aromatic carbocycles. The van der Waals surface area contributed by atoms with Crippen LogP contribution in [0.5, 0.6) is 0 Å². The van der Waals surface area contributed by atoms with Crippen molar-refractivity contribution in [2.24, 2.45) is 0 Å². The molecular formula is C12H22N3. The Morgan fingerprint density at radius 3 is 2.47 bits per heavy atom. The van der Waals surface area contributed by atoms with E-state index in [2.05, 4.69) is 34.5 Å². The topological polar surface area (TPSA) is 21.1 Å². The molecule has 3 nitrogen and oxygen atoms in total. The Bertz CT molecular complexity index is 225. The van der Waals surface area contributed by atoms with Gasteiger partial charge < -0.3 is 9.47 Å². The third-order valence-corrected chi connectivity index (χ3v) is 2.47. The van der Waals surface area contributed by atoms with Crippen molar-refractivity contribution in [2.75, 3.05) is 19.6 Å². The van der Waals surface area contributed by atoms with Gasteiger partial charge in [-0.25, -0.2) is 4.98 Å². The number of imidazole rings is 1. The maximum atomic E-state index is 3.92. The molecule has 1 heterocycles. The first kappa shape index (κ1) is 12.2. The quantitative estimate of drug-likeness (QED) is 0.653. The molecule has 1 rings (SSSR count). The number of rotatable bonds is 8. The first-order chi connectivity index (χ1) is 7.36. The minimum Gasteiger partial charge on any atom is -0.337 e. The molecule has 0 amide bonds. The van der Waals surface area contributed by atoms with Crippen LogP contribution in [0, 0.1) is 6.20 Å². The Kier molecular flexibility index (Phi) is 6.09. The van der Waals surface area contributed by atoms with Crippen LogP contribution in [0.15, 0.2) is 12.5 Å². The Balaban J connectivity index is 2.15. The van der Waals surface area contributed by atoms with Gasteiger partial charge in [0.1, 0.15) is 6.20 Å². The van der Waals surface area contributed by atoms with E-state index in [1.165, 1.54) is 38.9 Å². The van der Waals surface area contributed by atoms with E-state index in [1.807, 2.05) is 12.5 Å². The number of hydrogen-bond donors (Lipinski definition) is 0. The van der Waals surface area contributed by atoms with Gasteiger partial charge in [0.25, 0.3) is 0 Å². The molecule has 0 atom stereocenters. The maximum absolute atomic E-state index is 3.92. The van der Waals surface area contributed by atoms with E-state index in [0.717, 1.165) is 6.54 Å². The molecule has 0 aliphatic rings. The van der Waals surface area contributed by atoms with Gasteiger partial charge in [0.2, 0.25) is 0 Å². The lowest BCUT2D eigenvalue weighted by molar-refractivity contribution is 0.266. The van der Waals surface area contributed by atoms with Crippen molar-refractivity contribution < 1.29 is 0 Å². The highest BCUT2D eigenvalue weighted by Crippen LogP contribution is 1.98. The highest BCUT2D eigenvalue weighted by Gasteiger charge is 2.01. The van der Waals surface area contributed by atoms with Gasteiger partial charge in [-0.2, -0.15) is 0 Å².